The molecular weight excluding hydrogens is 124 g/mol. The van der Waals surface area contributed by atoms with Gasteiger partial charge in [-0.25, -0.2) is 0 Å². The first-order valence-corrected chi connectivity index (χ1v) is 3.81. The van der Waals surface area contributed by atoms with Gasteiger partial charge < -0.3 is 5.11 Å². The standard InChI is InChI=1S/C9H18O/c1-5-6-9(4,10)7-8(2)3/h5,8,10H,1,6-7H2,2-4H3. The Morgan fingerprint density at radius 2 is 2.10 bits per heavy atom. The predicted octanol–water partition coefficient (Wildman–Crippen LogP) is 2.36. The molecule has 0 fully saturated rings. The zero-order valence-corrected chi connectivity index (χ0v) is 7.22. The van der Waals surface area contributed by atoms with E-state index < -0.39 is 5.60 Å². The highest BCUT2D eigenvalue weighted by molar-refractivity contribution is 4.83. The van der Waals surface area contributed by atoms with Crippen molar-refractivity contribution in [3.63, 3.8) is 0 Å². The number of rotatable bonds is 4. The average molecular weight is 142 g/mol. The third-order valence-electron chi connectivity index (χ3n) is 1.43. The second kappa shape index (κ2) is 3.77. The normalized spacial score (nSPS) is 16.9. The van der Waals surface area contributed by atoms with Crippen LogP contribution in [0.4, 0.5) is 0 Å². The Kier molecular flexibility index (Phi) is 3.66. The molecule has 1 atom stereocenters. The van der Waals surface area contributed by atoms with Gasteiger partial charge in [0.2, 0.25) is 0 Å². The summed E-state index contributed by atoms with van der Waals surface area (Å²) in [6.45, 7) is 9.67. The zero-order chi connectivity index (χ0) is 8.20. The first-order valence-electron chi connectivity index (χ1n) is 3.81. The Morgan fingerprint density at radius 3 is 2.40 bits per heavy atom. The minimum absolute atomic E-state index is 0.546. The quantitative estimate of drug-likeness (QED) is 0.597. The second-order valence-electron chi connectivity index (χ2n) is 3.59. The largest absolute Gasteiger partial charge is 0.390 e. The molecule has 1 N–H and O–H groups in total. The van der Waals surface area contributed by atoms with Gasteiger partial charge in [-0.1, -0.05) is 19.9 Å². The van der Waals surface area contributed by atoms with Gasteiger partial charge in [-0.05, 0) is 25.7 Å². The summed E-state index contributed by atoms with van der Waals surface area (Å²) in [7, 11) is 0. The number of hydrogen-bond donors (Lipinski definition) is 1. The lowest BCUT2D eigenvalue weighted by Crippen LogP contribution is -2.24. The first-order chi connectivity index (χ1) is 4.48. The summed E-state index contributed by atoms with van der Waals surface area (Å²) >= 11 is 0. The Morgan fingerprint density at radius 1 is 1.60 bits per heavy atom. The van der Waals surface area contributed by atoms with Crippen molar-refractivity contribution in [3.05, 3.63) is 12.7 Å². The highest BCUT2D eigenvalue weighted by Gasteiger charge is 2.19. The molecule has 0 aromatic heterocycles. The fourth-order valence-corrected chi connectivity index (χ4v) is 1.27. The van der Waals surface area contributed by atoms with Gasteiger partial charge >= 0.3 is 0 Å². The van der Waals surface area contributed by atoms with E-state index in [-0.39, 0.29) is 0 Å². The molecule has 0 heterocycles. The van der Waals surface area contributed by atoms with Crippen LogP contribution in [0.15, 0.2) is 12.7 Å². The van der Waals surface area contributed by atoms with E-state index in [2.05, 4.69) is 20.4 Å². The van der Waals surface area contributed by atoms with Crippen molar-refractivity contribution in [1.29, 1.82) is 0 Å². The fraction of sp³-hybridized carbons (Fsp3) is 0.778. The van der Waals surface area contributed by atoms with Crippen molar-refractivity contribution in [2.75, 3.05) is 0 Å². The SMILES string of the molecule is C=CCC(C)(O)CC(C)C. The molecule has 0 saturated carbocycles. The summed E-state index contributed by atoms with van der Waals surface area (Å²) in [4.78, 5) is 0. The molecule has 0 spiro atoms. The van der Waals surface area contributed by atoms with Gasteiger partial charge in [0.15, 0.2) is 0 Å². The van der Waals surface area contributed by atoms with Crippen LogP contribution in [-0.2, 0) is 0 Å². The molecule has 0 saturated heterocycles. The molecule has 0 aromatic rings. The Labute approximate surface area is 63.8 Å². The molecule has 0 aliphatic carbocycles. The minimum Gasteiger partial charge on any atom is -0.390 e. The average Bonchev–Trinajstić information content (AvgIpc) is 1.59. The molecule has 1 nitrogen and oxygen atoms in total. The molecule has 0 radical (unpaired) electrons. The van der Waals surface area contributed by atoms with Crippen molar-refractivity contribution in [2.45, 2.75) is 39.2 Å². The summed E-state index contributed by atoms with van der Waals surface area (Å²) in [5.74, 6) is 0.551. The smallest absolute Gasteiger partial charge is 0.0656 e. The number of hydrogen-bond acceptors (Lipinski definition) is 1. The van der Waals surface area contributed by atoms with Crippen LogP contribution in [0.1, 0.15) is 33.6 Å². The van der Waals surface area contributed by atoms with Gasteiger partial charge in [0.1, 0.15) is 0 Å². The van der Waals surface area contributed by atoms with E-state index in [0.717, 1.165) is 6.42 Å². The van der Waals surface area contributed by atoms with Gasteiger partial charge in [-0.3, -0.25) is 0 Å². The maximum atomic E-state index is 9.61. The van der Waals surface area contributed by atoms with Gasteiger partial charge in [-0.2, -0.15) is 0 Å². The van der Waals surface area contributed by atoms with Crippen LogP contribution in [0.2, 0.25) is 0 Å². The summed E-state index contributed by atoms with van der Waals surface area (Å²) in [6, 6.07) is 0. The van der Waals surface area contributed by atoms with Crippen LogP contribution < -0.4 is 0 Å². The lowest BCUT2D eigenvalue weighted by Gasteiger charge is -2.23. The van der Waals surface area contributed by atoms with Crippen molar-refractivity contribution in [3.8, 4) is 0 Å². The molecule has 1 unspecified atom stereocenters. The maximum Gasteiger partial charge on any atom is 0.0656 e. The van der Waals surface area contributed by atoms with E-state index in [1.54, 1.807) is 6.08 Å². The van der Waals surface area contributed by atoms with Crippen LogP contribution in [0.25, 0.3) is 0 Å². The van der Waals surface area contributed by atoms with Gasteiger partial charge in [0.05, 0.1) is 5.60 Å². The Hall–Kier alpha value is -0.300. The predicted molar refractivity (Wildman–Crippen MR) is 44.9 cm³/mol. The molecular formula is C9H18O. The molecule has 0 aliphatic rings. The van der Waals surface area contributed by atoms with Crippen LogP contribution in [0, 0.1) is 5.92 Å². The minimum atomic E-state index is -0.546. The van der Waals surface area contributed by atoms with E-state index in [0.29, 0.717) is 12.3 Å². The lowest BCUT2D eigenvalue weighted by molar-refractivity contribution is 0.0415. The summed E-state index contributed by atoms with van der Waals surface area (Å²) in [5, 5.41) is 9.61. The van der Waals surface area contributed by atoms with Crippen molar-refractivity contribution in [1.82, 2.24) is 0 Å². The molecule has 0 amide bonds. The van der Waals surface area contributed by atoms with Crippen molar-refractivity contribution in [2.24, 2.45) is 5.92 Å². The summed E-state index contributed by atoms with van der Waals surface area (Å²) in [6.07, 6.45) is 3.30. The topological polar surface area (TPSA) is 20.2 Å². The second-order valence-corrected chi connectivity index (χ2v) is 3.59. The van der Waals surface area contributed by atoms with E-state index in [1.807, 2.05) is 6.92 Å². The molecule has 0 bridgehead atoms. The molecule has 10 heavy (non-hydrogen) atoms. The van der Waals surface area contributed by atoms with Gasteiger partial charge in [0.25, 0.3) is 0 Å². The lowest BCUT2D eigenvalue weighted by atomic mass is 9.91. The molecule has 0 aromatic carbocycles. The van der Waals surface area contributed by atoms with Crippen molar-refractivity contribution < 1.29 is 5.11 Å². The molecule has 0 rings (SSSR count). The highest BCUT2D eigenvalue weighted by Crippen LogP contribution is 2.19. The van der Waals surface area contributed by atoms with E-state index in [4.69, 9.17) is 0 Å². The molecule has 0 aliphatic heterocycles. The summed E-state index contributed by atoms with van der Waals surface area (Å²) in [5.41, 5.74) is -0.546. The maximum absolute atomic E-state index is 9.61. The monoisotopic (exact) mass is 142 g/mol. The summed E-state index contributed by atoms with van der Waals surface area (Å²) < 4.78 is 0. The fourth-order valence-electron chi connectivity index (χ4n) is 1.27. The Balaban J connectivity index is 3.73. The van der Waals surface area contributed by atoms with E-state index in [1.165, 1.54) is 0 Å². The van der Waals surface area contributed by atoms with Crippen LogP contribution in [0.5, 0.6) is 0 Å². The molecule has 60 valence electrons. The van der Waals surface area contributed by atoms with E-state index in [9.17, 15) is 5.11 Å². The number of aliphatic hydroxyl groups is 1. The van der Waals surface area contributed by atoms with Gasteiger partial charge in [0, 0.05) is 0 Å². The highest BCUT2D eigenvalue weighted by atomic mass is 16.3. The van der Waals surface area contributed by atoms with Gasteiger partial charge in [-0.15, -0.1) is 6.58 Å². The van der Waals surface area contributed by atoms with Crippen molar-refractivity contribution >= 4 is 0 Å². The third-order valence-corrected chi connectivity index (χ3v) is 1.43. The zero-order valence-electron chi connectivity index (χ0n) is 7.22. The van der Waals surface area contributed by atoms with E-state index >= 15 is 0 Å². The third kappa shape index (κ3) is 4.57. The van der Waals surface area contributed by atoms with Crippen LogP contribution >= 0.6 is 0 Å². The van der Waals surface area contributed by atoms with Crippen LogP contribution in [-0.4, -0.2) is 10.7 Å². The van der Waals surface area contributed by atoms with Crippen LogP contribution in [0.3, 0.4) is 0 Å². The molecule has 1 heteroatoms. The Bertz CT molecular complexity index is 103. The first kappa shape index (κ1) is 9.70.